The first-order valence-corrected chi connectivity index (χ1v) is 9.69. The summed E-state index contributed by atoms with van der Waals surface area (Å²) in [6.45, 7) is 4.21. The van der Waals surface area contributed by atoms with Crippen molar-refractivity contribution in [1.82, 2.24) is 5.32 Å². The second kappa shape index (κ2) is 10.3. The minimum atomic E-state index is -0.290. The first kappa shape index (κ1) is 19.5. The van der Waals surface area contributed by atoms with E-state index in [1.54, 1.807) is 11.8 Å². The molecule has 3 atom stereocenters. The van der Waals surface area contributed by atoms with Gasteiger partial charge in [-0.15, -0.1) is 11.8 Å². The second-order valence-corrected chi connectivity index (χ2v) is 7.54. The molecule has 0 heterocycles. The van der Waals surface area contributed by atoms with Crippen molar-refractivity contribution < 1.29 is 9.90 Å². The maximum atomic E-state index is 13.0. The van der Waals surface area contributed by atoms with Crippen LogP contribution < -0.4 is 5.32 Å². The van der Waals surface area contributed by atoms with Crippen LogP contribution in [0.15, 0.2) is 65.6 Å². The molecular formula is C21H27NO2S. The number of thioether (sulfide) groups is 1. The molecule has 0 fully saturated rings. The number of aliphatic hydroxyl groups excluding tert-OH is 1. The standard InChI is InChI=1S/C21H27NO2S/c1-3-18(14-16(2)15-23)22-21(24)20(17-10-6-4-7-11-17)25-19-12-8-5-9-13-19/h4-13,16,18,20,23H,3,14-15H2,1-2H3,(H,22,24). The lowest BCUT2D eigenvalue weighted by molar-refractivity contribution is -0.121. The summed E-state index contributed by atoms with van der Waals surface area (Å²) < 4.78 is 0. The first-order valence-electron chi connectivity index (χ1n) is 8.82. The van der Waals surface area contributed by atoms with Gasteiger partial charge in [-0.2, -0.15) is 0 Å². The van der Waals surface area contributed by atoms with Crippen molar-refractivity contribution in [2.24, 2.45) is 5.92 Å². The Bertz CT molecular complexity index is 633. The normalized spacial score (nSPS) is 14.5. The second-order valence-electron chi connectivity index (χ2n) is 6.36. The minimum Gasteiger partial charge on any atom is -0.396 e. The molecular weight excluding hydrogens is 330 g/mol. The number of aliphatic hydroxyl groups is 1. The molecule has 0 bridgehead atoms. The van der Waals surface area contributed by atoms with E-state index in [0.717, 1.165) is 23.3 Å². The van der Waals surface area contributed by atoms with Crippen LogP contribution in [-0.4, -0.2) is 23.7 Å². The van der Waals surface area contributed by atoms with Gasteiger partial charge in [-0.3, -0.25) is 4.79 Å². The zero-order valence-corrected chi connectivity index (χ0v) is 15.7. The van der Waals surface area contributed by atoms with E-state index in [1.807, 2.05) is 67.6 Å². The molecule has 1 amide bonds. The Balaban J connectivity index is 2.15. The molecule has 2 aromatic carbocycles. The van der Waals surface area contributed by atoms with Crippen molar-refractivity contribution in [1.29, 1.82) is 0 Å². The van der Waals surface area contributed by atoms with Gasteiger partial charge in [-0.05, 0) is 36.5 Å². The third kappa shape index (κ3) is 6.22. The zero-order valence-electron chi connectivity index (χ0n) is 14.9. The minimum absolute atomic E-state index is 0.0250. The monoisotopic (exact) mass is 357 g/mol. The van der Waals surface area contributed by atoms with Crippen molar-refractivity contribution in [2.75, 3.05) is 6.61 Å². The molecule has 0 aliphatic carbocycles. The van der Waals surface area contributed by atoms with Crippen molar-refractivity contribution in [2.45, 2.75) is 42.9 Å². The Morgan fingerprint density at radius 3 is 2.24 bits per heavy atom. The lowest BCUT2D eigenvalue weighted by Gasteiger charge is -2.24. The lowest BCUT2D eigenvalue weighted by Crippen LogP contribution is -2.38. The Morgan fingerprint density at radius 1 is 1.08 bits per heavy atom. The summed E-state index contributed by atoms with van der Waals surface area (Å²) in [6.07, 6.45) is 1.64. The number of carbonyl (C=O) groups is 1. The molecule has 0 saturated heterocycles. The molecule has 0 aliphatic heterocycles. The molecule has 0 saturated carbocycles. The Morgan fingerprint density at radius 2 is 1.68 bits per heavy atom. The number of hydrogen-bond acceptors (Lipinski definition) is 3. The molecule has 2 aromatic rings. The largest absolute Gasteiger partial charge is 0.396 e. The summed E-state index contributed by atoms with van der Waals surface area (Å²) in [5.74, 6) is 0.208. The quantitative estimate of drug-likeness (QED) is 0.653. The van der Waals surface area contributed by atoms with E-state index in [4.69, 9.17) is 0 Å². The fourth-order valence-electron chi connectivity index (χ4n) is 2.70. The van der Waals surface area contributed by atoms with Gasteiger partial charge in [0.05, 0.1) is 0 Å². The van der Waals surface area contributed by atoms with E-state index in [9.17, 15) is 9.90 Å². The fraction of sp³-hybridized carbons (Fsp3) is 0.381. The Hall–Kier alpha value is -1.78. The molecule has 0 spiro atoms. The van der Waals surface area contributed by atoms with E-state index in [2.05, 4.69) is 12.2 Å². The van der Waals surface area contributed by atoms with E-state index >= 15 is 0 Å². The highest BCUT2D eigenvalue weighted by Gasteiger charge is 2.24. The molecule has 3 unspecified atom stereocenters. The average Bonchev–Trinajstić information content (AvgIpc) is 2.66. The van der Waals surface area contributed by atoms with Crippen LogP contribution in [0.25, 0.3) is 0 Å². The third-order valence-corrected chi connectivity index (χ3v) is 5.44. The summed E-state index contributed by atoms with van der Waals surface area (Å²) >= 11 is 1.57. The number of carbonyl (C=O) groups excluding carboxylic acids is 1. The highest BCUT2D eigenvalue weighted by molar-refractivity contribution is 8.00. The van der Waals surface area contributed by atoms with E-state index in [-0.39, 0.29) is 29.7 Å². The Kier molecular flexibility index (Phi) is 8.02. The van der Waals surface area contributed by atoms with Crippen molar-refractivity contribution >= 4 is 17.7 Å². The van der Waals surface area contributed by atoms with Crippen molar-refractivity contribution in [3.63, 3.8) is 0 Å². The molecule has 4 heteroatoms. The third-order valence-electron chi connectivity index (χ3n) is 4.18. The van der Waals surface area contributed by atoms with Crippen LogP contribution in [0.1, 0.15) is 37.5 Å². The predicted molar refractivity (Wildman–Crippen MR) is 105 cm³/mol. The van der Waals surface area contributed by atoms with Gasteiger partial charge in [0.2, 0.25) is 5.91 Å². The van der Waals surface area contributed by atoms with Gasteiger partial charge in [-0.1, -0.05) is 62.4 Å². The summed E-state index contributed by atoms with van der Waals surface area (Å²) in [4.78, 5) is 14.1. The highest BCUT2D eigenvalue weighted by atomic mass is 32.2. The van der Waals surface area contributed by atoms with E-state index < -0.39 is 0 Å². The van der Waals surface area contributed by atoms with Gasteiger partial charge in [0.25, 0.3) is 0 Å². The van der Waals surface area contributed by atoms with Crippen LogP contribution in [-0.2, 0) is 4.79 Å². The molecule has 0 aromatic heterocycles. The fourth-order valence-corrected chi connectivity index (χ4v) is 3.76. The maximum absolute atomic E-state index is 13.0. The van der Waals surface area contributed by atoms with Crippen LogP contribution in [0.3, 0.4) is 0 Å². The molecule has 0 radical (unpaired) electrons. The maximum Gasteiger partial charge on any atom is 0.238 e. The van der Waals surface area contributed by atoms with Crippen LogP contribution >= 0.6 is 11.8 Å². The molecule has 0 aliphatic rings. The molecule has 134 valence electrons. The summed E-state index contributed by atoms with van der Waals surface area (Å²) in [7, 11) is 0. The van der Waals surface area contributed by atoms with Gasteiger partial charge < -0.3 is 10.4 Å². The lowest BCUT2D eigenvalue weighted by atomic mass is 10.0. The smallest absolute Gasteiger partial charge is 0.238 e. The van der Waals surface area contributed by atoms with Crippen LogP contribution in [0.5, 0.6) is 0 Å². The van der Waals surface area contributed by atoms with E-state index in [0.29, 0.717) is 0 Å². The molecule has 3 nitrogen and oxygen atoms in total. The first-order chi connectivity index (χ1) is 12.1. The number of amides is 1. The molecule has 25 heavy (non-hydrogen) atoms. The van der Waals surface area contributed by atoms with Gasteiger partial charge in [0.15, 0.2) is 0 Å². The molecule has 2 N–H and O–H groups in total. The number of rotatable bonds is 9. The number of benzene rings is 2. The number of hydrogen-bond donors (Lipinski definition) is 2. The van der Waals surface area contributed by atoms with Gasteiger partial charge in [0.1, 0.15) is 5.25 Å². The van der Waals surface area contributed by atoms with E-state index in [1.165, 1.54) is 0 Å². The zero-order chi connectivity index (χ0) is 18.1. The van der Waals surface area contributed by atoms with Crippen molar-refractivity contribution in [3.05, 3.63) is 66.2 Å². The SMILES string of the molecule is CCC(CC(C)CO)NC(=O)C(Sc1ccccc1)c1ccccc1. The summed E-state index contributed by atoms with van der Waals surface area (Å²) in [5.41, 5.74) is 0.999. The van der Waals surface area contributed by atoms with Crippen LogP contribution in [0.4, 0.5) is 0 Å². The van der Waals surface area contributed by atoms with Gasteiger partial charge >= 0.3 is 0 Å². The van der Waals surface area contributed by atoms with Gasteiger partial charge in [0, 0.05) is 17.5 Å². The predicted octanol–water partition coefficient (Wildman–Crippen LogP) is 4.43. The van der Waals surface area contributed by atoms with Gasteiger partial charge in [-0.25, -0.2) is 0 Å². The summed E-state index contributed by atoms with van der Waals surface area (Å²) in [5, 5.41) is 12.2. The molecule has 2 rings (SSSR count). The van der Waals surface area contributed by atoms with Crippen molar-refractivity contribution in [3.8, 4) is 0 Å². The van der Waals surface area contributed by atoms with Crippen LogP contribution in [0, 0.1) is 5.92 Å². The Labute approximate surface area is 154 Å². The number of nitrogens with one attached hydrogen (secondary N) is 1. The average molecular weight is 358 g/mol. The van der Waals surface area contributed by atoms with Crippen LogP contribution in [0.2, 0.25) is 0 Å². The topological polar surface area (TPSA) is 49.3 Å². The summed E-state index contributed by atoms with van der Waals surface area (Å²) in [6, 6.07) is 20.0. The highest BCUT2D eigenvalue weighted by Crippen LogP contribution is 2.35.